The Balaban J connectivity index is 1.94. The summed E-state index contributed by atoms with van der Waals surface area (Å²) in [5.74, 6) is -0.294. The van der Waals surface area contributed by atoms with E-state index in [1.54, 1.807) is 0 Å². The van der Waals surface area contributed by atoms with Crippen LogP contribution in [0.5, 0.6) is 0 Å². The number of carbonyl (C=O) groups excluding carboxylic acids is 1. The molecule has 5 unspecified atom stereocenters. The molecular formula is C15H19N5O. The standard InChI is InChI=1S/C15H19N5O/c1-18(2)12-6-4-3-5-11(12)15(19-8-10(19)7-16)20-9-13(20)14(17)21/h3-6,10,13,15H,8-9H2,1-2H3,(H2,17,21). The lowest BCUT2D eigenvalue weighted by Gasteiger charge is -2.26. The summed E-state index contributed by atoms with van der Waals surface area (Å²) in [5.41, 5.74) is 7.63. The van der Waals surface area contributed by atoms with Crippen molar-refractivity contribution in [3.63, 3.8) is 0 Å². The number of primary amides is 1. The van der Waals surface area contributed by atoms with Crippen LogP contribution < -0.4 is 10.6 Å². The number of benzene rings is 1. The number of hydrogen-bond donors (Lipinski definition) is 1. The fourth-order valence-electron chi connectivity index (χ4n) is 2.88. The molecule has 2 aliphatic rings. The minimum atomic E-state index is -0.294. The van der Waals surface area contributed by atoms with Crippen molar-refractivity contribution < 1.29 is 4.79 Å². The summed E-state index contributed by atoms with van der Waals surface area (Å²) < 4.78 is 0. The summed E-state index contributed by atoms with van der Waals surface area (Å²) in [6, 6.07) is 10.1. The van der Waals surface area contributed by atoms with Crippen LogP contribution in [-0.2, 0) is 4.79 Å². The van der Waals surface area contributed by atoms with E-state index in [2.05, 4.69) is 32.9 Å². The number of nitrogens with zero attached hydrogens (tertiary/aromatic N) is 4. The summed E-state index contributed by atoms with van der Waals surface area (Å²) >= 11 is 0. The highest BCUT2D eigenvalue weighted by molar-refractivity contribution is 5.83. The molecule has 0 aromatic heterocycles. The number of hydrogen-bond acceptors (Lipinski definition) is 5. The fourth-order valence-corrected chi connectivity index (χ4v) is 2.88. The molecule has 0 aliphatic carbocycles. The van der Waals surface area contributed by atoms with Crippen LogP contribution >= 0.6 is 0 Å². The third-order valence-corrected chi connectivity index (χ3v) is 4.10. The van der Waals surface area contributed by atoms with Crippen LogP contribution in [0.15, 0.2) is 24.3 Å². The van der Waals surface area contributed by atoms with Gasteiger partial charge >= 0.3 is 0 Å². The first-order valence-electron chi connectivity index (χ1n) is 7.01. The second-order valence-corrected chi connectivity index (χ2v) is 5.78. The Morgan fingerprint density at radius 2 is 2.10 bits per heavy atom. The summed E-state index contributed by atoms with van der Waals surface area (Å²) in [6.45, 7) is 1.40. The second kappa shape index (κ2) is 5.02. The zero-order valence-corrected chi connectivity index (χ0v) is 12.2. The van der Waals surface area contributed by atoms with Crippen LogP contribution in [-0.4, -0.2) is 55.0 Å². The molecule has 1 amide bonds. The summed E-state index contributed by atoms with van der Waals surface area (Å²) in [6.07, 6.45) is -0.0502. The Kier molecular flexibility index (Phi) is 3.32. The summed E-state index contributed by atoms with van der Waals surface area (Å²) in [7, 11) is 3.99. The van der Waals surface area contributed by atoms with E-state index < -0.39 is 0 Å². The summed E-state index contributed by atoms with van der Waals surface area (Å²) in [5, 5.41) is 9.12. The van der Waals surface area contributed by atoms with Gasteiger partial charge in [-0.15, -0.1) is 0 Å². The molecule has 3 rings (SSSR count). The van der Waals surface area contributed by atoms with Gasteiger partial charge in [-0.25, -0.2) is 0 Å². The van der Waals surface area contributed by atoms with Gasteiger partial charge in [-0.3, -0.25) is 14.6 Å². The Morgan fingerprint density at radius 3 is 2.62 bits per heavy atom. The van der Waals surface area contributed by atoms with Gasteiger partial charge in [0.05, 0.1) is 12.2 Å². The molecule has 2 fully saturated rings. The first kappa shape index (κ1) is 13.9. The quantitative estimate of drug-likeness (QED) is 0.778. The van der Waals surface area contributed by atoms with Crippen LogP contribution in [0.3, 0.4) is 0 Å². The molecule has 21 heavy (non-hydrogen) atoms. The van der Waals surface area contributed by atoms with E-state index in [4.69, 9.17) is 11.0 Å². The monoisotopic (exact) mass is 285 g/mol. The molecule has 2 saturated heterocycles. The molecule has 110 valence electrons. The lowest BCUT2D eigenvalue weighted by molar-refractivity contribution is -0.118. The number of carbonyl (C=O) groups is 1. The van der Waals surface area contributed by atoms with Crippen molar-refractivity contribution in [3.05, 3.63) is 29.8 Å². The minimum Gasteiger partial charge on any atom is -0.377 e. The molecule has 1 aromatic carbocycles. The van der Waals surface area contributed by atoms with Gasteiger partial charge in [-0.2, -0.15) is 5.26 Å². The molecule has 1 aromatic rings. The Bertz CT molecular complexity index is 608. The number of amides is 1. The normalized spacial score (nSPS) is 31.1. The van der Waals surface area contributed by atoms with Gasteiger partial charge in [0.25, 0.3) is 0 Å². The second-order valence-electron chi connectivity index (χ2n) is 5.78. The third kappa shape index (κ3) is 2.46. The number of nitrogens with two attached hydrogens (primary N) is 1. The number of para-hydroxylation sites is 1. The molecule has 2 aliphatic heterocycles. The predicted molar refractivity (Wildman–Crippen MR) is 79.3 cm³/mol. The fraction of sp³-hybridized carbons (Fsp3) is 0.467. The molecule has 5 atom stereocenters. The highest BCUT2D eigenvalue weighted by Crippen LogP contribution is 2.43. The van der Waals surface area contributed by atoms with Gasteiger partial charge in [-0.1, -0.05) is 18.2 Å². The molecule has 0 radical (unpaired) electrons. The predicted octanol–water partition coefficient (Wildman–Crippen LogP) is 0.128. The Hall–Kier alpha value is -2.10. The van der Waals surface area contributed by atoms with E-state index in [9.17, 15) is 4.79 Å². The van der Waals surface area contributed by atoms with Gasteiger partial charge in [0.15, 0.2) is 0 Å². The molecule has 2 N–H and O–H groups in total. The van der Waals surface area contributed by atoms with Gasteiger partial charge in [-0.05, 0) is 6.07 Å². The van der Waals surface area contributed by atoms with Crippen molar-refractivity contribution in [3.8, 4) is 6.07 Å². The lowest BCUT2D eigenvalue weighted by Crippen LogP contribution is -2.29. The van der Waals surface area contributed by atoms with Gasteiger partial charge < -0.3 is 10.6 Å². The third-order valence-electron chi connectivity index (χ3n) is 4.10. The van der Waals surface area contributed by atoms with E-state index in [0.29, 0.717) is 6.54 Å². The van der Waals surface area contributed by atoms with Gasteiger partial charge in [0.2, 0.25) is 5.91 Å². The topological polar surface area (TPSA) is 76.1 Å². The molecule has 0 bridgehead atoms. The number of rotatable bonds is 5. The van der Waals surface area contributed by atoms with Crippen LogP contribution in [0.2, 0.25) is 0 Å². The first-order valence-corrected chi connectivity index (χ1v) is 7.01. The van der Waals surface area contributed by atoms with Gasteiger partial charge in [0, 0.05) is 38.4 Å². The van der Waals surface area contributed by atoms with Crippen molar-refractivity contribution in [1.82, 2.24) is 9.80 Å². The maximum absolute atomic E-state index is 11.4. The average Bonchev–Trinajstić information content (AvgIpc) is 3.34. The van der Waals surface area contributed by atoms with Crippen LogP contribution in [0.1, 0.15) is 11.7 Å². The Morgan fingerprint density at radius 1 is 1.38 bits per heavy atom. The van der Waals surface area contributed by atoms with Crippen molar-refractivity contribution in [2.75, 3.05) is 32.1 Å². The molecule has 0 spiro atoms. The zero-order valence-electron chi connectivity index (χ0n) is 12.2. The number of anilines is 1. The highest BCUT2D eigenvalue weighted by atomic mass is 16.1. The average molecular weight is 285 g/mol. The smallest absolute Gasteiger partial charge is 0.236 e. The minimum absolute atomic E-state index is 0.0502. The van der Waals surface area contributed by atoms with E-state index in [-0.39, 0.29) is 24.2 Å². The van der Waals surface area contributed by atoms with Crippen molar-refractivity contribution in [2.24, 2.45) is 5.73 Å². The first-order chi connectivity index (χ1) is 10.0. The Labute approximate surface area is 124 Å². The SMILES string of the molecule is CN(C)c1ccccc1C(N1CC1C#N)N1CC1C(N)=O. The molecule has 0 saturated carbocycles. The zero-order chi connectivity index (χ0) is 15.1. The van der Waals surface area contributed by atoms with E-state index >= 15 is 0 Å². The van der Waals surface area contributed by atoms with E-state index in [1.165, 1.54) is 0 Å². The largest absolute Gasteiger partial charge is 0.377 e. The maximum atomic E-state index is 11.4. The molecule has 6 nitrogen and oxygen atoms in total. The molecular weight excluding hydrogens is 266 g/mol. The molecule has 2 heterocycles. The molecule has 6 heteroatoms. The number of nitriles is 1. The maximum Gasteiger partial charge on any atom is 0.236 e. The van der Waals surface area contributed by atoms with E-state index in [1.807, 2.05) is 26.2 Å². The lowest BCUT2D eigenvalue weighted by atomic mass is 10.1. The van der Waals surface area contributed by atoms with Crippen molar-refractivity contribution >= 4 is 11.6 Å². The van der Waals surface area contributed by atoms with Crippen LogP contribution in [0.25, 0.3) is 0 Å². The highest BCUT2D eigenvalue weighted by Gasteiger charge is 2.52. The van der Waals surface area contributed by atoms with Crippen molar-refractivity contribution in [1.29, 1.82) is 5.26 Å². The van der Waals surface area contributed by atoms with Crippen LogP contribution in [0.4, 0.5) is 5.69 Å². The van der Waals surface area contributed by atoms with Crippen molar-refractivity contribution in [2.45, 2.75) is 18.2 Å². The van der Waals surface area contributed by atoms with Crippen LogP contribution in [0, 0.1) is 11.3 Å². The van der Waals surface area contributed by atoms with E-state index in [0.717, 1.165) is 17.8 Å². The van der Waals surface area contributed by atoms with Gasteiger partial charge in [0.1, 0.15) is 12.1 Å². The summed E-state index contributed by atoms with van der Waals surface area (Å²) in [4.78, 5) is 17.6.